The van der Waals surface area contributed by atoms with E-state index < -0.39 is 33.7 Å². The number of H-pyrrole nitrogens is 1. The number of nitrogens with zero attached hydrogens (tertiary/aromatic N) is 3. The summed E-state index contributed by atoms with van der Waals surface area (Å²) in [5, 5.41) is 18.9. The van der Waals surface area contributed by atoms with Crippen molar-refractivity contribution in [2.24, 2.45) is 0 Å². The summed E-state index contributed by atoms with van der Waals surface area (Å²) in [5.41, 5.74) is -1.48. The van der Waals surface area contributed by atoms with Crippen molar-refractivity contribution < 1.29 is 18.5 Å². The largest absolute Gasteiger partial charge is 0.289 e. The van der Waals surface area contributed by atoms with Crippen molar-refractivity contribution in [3.8, 4) is 0 Å². The van der Waals surface area contributed by atoms with Gasteiger partial charge < -0.3 is 0 Å². The highest BCUT2D eigenvalue weighted by Gasteiger charge is 2.24. The molecule has 1 aromatic heterocycles. The Hall–Kier alpha value is -2.91. The molecule has 0 fully saturated rings. The molecule has 2 aromatic rings. The van der Waals surface area contributed by atoms with Crippen LogP contribution in [0.4, 0.5) is 20.4 Å². The summed E-state index contributed by atoms with van der Waals surface area (Å²) in [6, 6.07) is 0.787. The van der Waals surface area contributed by atoms with Gasteiger partial charge in [-0.1, -0.05) is 0 Å². The lowest BCUT2D eigenvalue weighted by molar-refractivity contribution is -0.385. The summed E-state index contributed by atoms with van der Waals surface area (Å²) < 4.78 is 26.1. The molecule has 1 heterocycles. The second-order valence-electron chi connectivity index (χ2n) is 3.74. The van der Waals surface area contributed by atoms with E-state index in [-0.39, 0.29) is 5.95 Å². The van der Waals surface area contributed by atoms with Crippen LogP contribution in [-0.4, -0.2) is 26.0 Å². The van der Waals surface area contributed by atoms with E-state index in [2.05, 4.69) is 20.5 Å². The molecule has 0 aliphatic rings. The smallest absolute Gasteiger partial charge is 0.285 e. The van der Waals surface area contributed by atoms with E-state index >= 15 is 0 Å². The minimum absolute atomic E-state index is 0.133. The molecule has 0 unspecified atom stereocenters. The van der Waals surface area contributed by atoms with Gasteiger partial charge in [0.25, 0.3) is 11.6 Å². The molecule has 2 N–H and O–H groups in total. The van der Waals surface area contributed by atoms with Gasteiger partial charge in [-0.3, -0.25) is 25.3 Å². The lowest BCUT2D eigenvalue weighted by Crippen LogP contribution is -2.15. The Kier molecular flexibility index (Phi) is 3.37. The number of halogens is 2. The predicted octanol–water partition coefficient (Wildman–Crippen LogP) is 1.55. The number of aryl methyl sites for hydroxylation is 1. The number of hydrogen-bond acceptors (Lipinski definition) is 5. The summed E-state index contributed by atoms with van der Waals surface area (Å²) >= 11 is 0. The van der Waals surface area contributed by atoms with Gasteiger partial charge in [-0.25, -0.2) is 8.78 Å². The van der Waals surface area contributed by atoms with Crippen LogP contribution in [0.25, 0.3) is 0 Å². The number of nitrogens with one attached hydrogen (secondary N) is 2. The Bertz CT molecular complexity index is 700. The molecule has 10 heteroatoms. The molecular weight excluding hydrogens is 276 g/mol. The van der Waals surface area contributed by atoms with Gasteiger partial charge in [0.1, 0.15) is 11.4 Å². The second kappa shape index (κ2) is 4.99. The number of carbonyl (C=O) groups is 1. The van der Waals surface area contributed by atoms with Crippen LogP contribution in [0.3, 0.4) is 0 Å². The highest BCUT2D eigenvalue weighted by Crippen LogP contribution is 2.22. The Morgan fingerprint density at radius 1 is 1.40 bits per heavy atom. The predicted molar refractivity (Wildman–Crippen MR) is 62.1 cm³/mol. The molecule has 2 rings (SSSR count). The maximum atomic E-state index is 13.1. The van der Waals surface area contributed by atoms with Gasteiger partial charge in [0.15, 0.2) is 11.6 Å². The highest BCUT2D eigenvalue weighted by molar-refractivity contribution is 6.06. The number of hydrogen-bond donors (Lipinski definition) is 2. The van der Waals surface area contributed by atoms with Crippen LogP contribution in [0, 0.1) is 28.7 Å². The number of nitro benzene ring substituents is 1. The van der Waals surface area contributed by atoms with Crippen molar-refractivity contribution in [1.29, 1.82) is 0 Å². The van der Waals surface area contributed by atoms with E-state index in [0.29, 0.717) is 18.0 Å². The third-order valence-electron chi connectivity index (χ3n) is 2.30. The first-order chi connectivity index (χ1) is 9.38. The van der Waals surface area contributed by atoms with Crippen LogP contribution in [0.1, 0.15) is 16.2 Å². The molecule has 20 heavy (non-hydrogen) atoms. The topological polar surface area (TPSA) is 114 Å². The average Bonchev–Trinajstić information content (AvgIpc) is 2.77. The van der Waals surface area contributed by atoms with E-state index in [9.17, 15) is 23.7 Å². The van der Waals surface area contributed by atoms with Gasteiger partial charge >= 0.3 is 0 Å². The average molecular weight is 283 g/mol. The van der Waals surface area contributed by atoms with Crippen molar-refractivity contribution >= 4 is 17.5 Å². The van der Waals surface area contributed by atoms with Gasteiger partial charge in [-0.2, -0.15) is 4.98 Å². The summed E-state index contributed by atoms with van der Waals surface area (Å²) in [6.07, 6.45) is 0. The van der Waals surface area contributed by atoms with Crippen LogP contribution in [0.5, 0.6) is 0 Å². The number of benzene rings is 1. The van der Waals surface area contributed by atoms with Gasteiger partial charge in [0.2, 0.25) is 5.95 Å². The standard InChI is InChI=1S/C10H7F2N5O3/c1-4-13-10(16-15-4)14-9(18)5-2-6(11)7(12)3-8(5)17(19)20/h2-3H,1H3,(H2,13,14,15,16,18). The van der Waals surface area contributed by atoms with Crippen molar-refractivity contribution in [3.05, 3.63) is 45.3 Å². The Labute approximate surface area is 110 Å². The van der Waals surface area contributed by atoms with Crippen LogP contribution >= 0.6 is 0 Å². The van der Waals surface area contributed by atoms with Gasteiger partial charge in [-0.15, -0.1) is 5.10 Å². The minimum atomic E-state index is -1.41. The molecular formula is C10H7F2N5O3. The molecule has 1 aromatic carbocycles. The van der Waals surface area contributed by atoms with Crippen molar-refractivity contribution in [2.75, 3.05) is 5.32 Å². The third kappa shape index (κ3) is 2.58. The molecule has 104 valence electrons. The second-order valence-corrected chi connectivity index (χ2v) is 3.74. The first-order valence-corrected chi connectivity index (χ1v) is 5.22. The first kappa shape index (κ1) is 13.5. The van der Waals surface area contributed by atoms with Gasteiger partial charge in [-0.05, 0) is 13.0 Å². The SMILES string of the molecule is Cc1nc(NC(=O)c2cc(F)c(F)cc2[N+](=O)[O-])n[nH]1. The number of rotatable bonds is 3. The van der Waals surface area contributed by atoms with Crippen molar-refractivity contribution in [2.45, 2.75) is 6.92 Å². The van der Waals surface area contributed by atoms with Gasteiger partial charge in [0.05, 0.1) is 11.0 Å². The van der Waals surface area contributed by atoms with Crippen molar-refractivity contribution in [1.82, 2.24) is 15.2 Å². The fourth-order valence-corrected chi connectivity index (χ4v) is 1.44. The number of amides is 1. The number of aromatic amines is 1. The first-order valence-electron chi connectivity index (χ1n) is 5.22. The Morgan fingerprint density at radius 2 is 2.05 bits per heavy atom. The summed E-state index contributed by atoms with van der Waals surface area (Å²) in [6.45, 7) is 1.57. The number of nitro groups is 1. The molecule has 0 aliphatic carbocycles. The fourth-order valence-electron chi connectivity index (χ4n) is 1.44. The Balaban J connectivity index is 2.38. The quantitative estimate of drug-likeness (QED) is 0.655. The zero-order valence-electron chi connectivity index (χ0n) is 9.98. The zero-order chi connectivity index (χ0) is 14.9. The highest BCUT2D eigenvalue weighted by atomic mass is 19.2. The van der Waals surface area contributed by atoms with E-state index in [0.717, 1.165) is 0 Å². The third-order valence-corrected chi connectivity index (χ3v) is 2.30. The molecule has 0 bridgehead atoms. The van der Waals surface area contributed by atoms with Crippen LogP contribution in [0.2, 0.25) is 0 Å². The fraction of sp³-hybridized carbons (Fsp3) is 0.100. The van der Waals surface area contributed by atoms with Crippen molar-refractivity contribution in [3.63, 3.8) is 0 Å². The molecule has 0 saturated heterocycles. The lowest BCUT2D eigenvalue weighted by Gasteiger charge is -2.03. The lowest BCUT2D eigenvalue weighted by atomic mass is 10.1. The van der Waals surface area contributed by atoms with E-state index in [1.807, 2.05) is 0 Å². The number of aromatic nitrogens is 3. The van der Waals surface area contributed by atoms with Crippen LogP contribution in [0.15, 0.2) is 12.1 Å². The molecule has 0 spiro atoms. The van der Waals surface area contributed by atoms with E-state index in [1.165, 1.54) is 0 Å². The van der Waals surface area contributed by atoms with E-state index in [1.54, 1.807) is 6.92 Å². The number of anilines is 1. The zero-order valence-corrected chi connectivity index (χ0v) is 9.98. The molecule has 0 atom stereocenters. The monoisotopic (exact) mass is 283 g/mol. The maximum Gasteiger partial charge on any atom is 0.285 e. The molecule has 0 aliphatic heterocycles. The summed E-state index contributed by atoms with van der Waals surface area (Å²) in [4.78, 5) is 25.3. The molecule has 8 nitrogen and oxygen atoms in total. The van der Waals surface area contributed by atoms with Crippen LogP contribution < -0.4 is 5.32 Å². The summed E-state index contributed by atoms with van der Waals surface area (Å²) in [5.74, 6) is -3.53. The molecule has 0 radical (unpaired) electrons. The normalized spacial score (nSPS) is 10.3. The Morgan fingerprint density at radius 3 is 2.60 bits per heavy atom. The molecule has 0 saturated carbocycles. The van der Waals surface area contributed by atoms with Gasteiger partial charge in [0, 0.05) is 0 Å². The van der Waals surface area contributed by atoms with Crippen LogP contribution in [-0.2, 0) is 0 Å². The minimum Gasteiger partial charge on any atom is -0.289 e. The van der Waals surface area contributed by atoms with E-state index in [4.69, 9.17) is 0 Å². The maximum absolute atomic E-state index is 13.1. The molecule has 1 amide bonds. The summed E-state index contributed by atoms with van der Waals surface area (Å²) in [7, 11) is 0. The number of carbonyl (C=O) groups excluding carboxylic acids is 1.